The molecular formula is C51H58Cl2SiZr-2. The minimum absolute atomic E-state index is 0. The van der Waals surface area contributed by atoms with E-state index in [1.165, 1.54) is 77.2 Å². The number of hydrogen-bond acceptors (Lipinski definition) is 0. The van der Waals surface area contributed by atoms with Crippen molar-refractivity contribution < 1.29 is 49.0 Å². The van der Waals surface area contributed by atoms with Crippen molar-refractivity contribution in [2.75, 3.05) is 0 Å². The SMILES string of the molecule is CC1[C-]=CC([Si](C)(C)C)=C1.Cc1cc2c(c(C)c1C)C(C)c1c3c(c4ccccc4c1-2)C(C)C(C)C(C)[C-]3C.[Cl-].[Cl-].[Zr+2]=[C](c1ccccc1)c1ccccc1. The second-order valence-electron chi connectivity index (χ2n) is 16.9. The summed E-state index contributed by atoms with van der Waals surface area (Å²) in [5.41, 5.74) is 16.4. The third-order valence-electron chi connectivity index (χ3n) is 12.7. The fourth-order valence-corrected chi connectivity index (χ4v) is 11.0. The zero-order chi connectivity index (χ0) is 38.4. The van der Waals surface area contributed by atoms with Gasteiger partial charge in [0.1, 0.15) is 0 Å². The van der Waals surface area contributed by atoms with Crippen LogP contribution in [0.5, 0.6) is 0 Å². The molecule has 0 aliphatic heterocycles. The molecule has 0 nitrogen and oxygen atoms in total. The number of rotatable bonds is 3. The zero-order valence-electron chi connectivity index (χ0n) is 35.0. The quantitative estimate of drug-likeness (QED) is 0.128. The van der Waals surface area contributed by atoms with Gasteiger partial charge >= 0.3 is 99.2 Å². The van der Waals surface area contributed by atoms with Crippen molar-refractivity contribution in [3.05, 3.63) is 170 Å². The maximum atomic E-state index is 3.29. The van der Waals surface area contributed by atoms with Gasteiger partial charge in [-0.05, 0) is 68.0 Å². The first-order valence-corrected chi connectivity index (χ1v) is 24.4. The van der Waals surface area contributed by atoms with Crippen LogP contribution >= 0.6 is 0 Å². The fourth-order valence-electron chi connectivity index (χ4n) is 8.87. The maximum absolute atomic E-state index is 3.29. The summed E-state index contributed by atoms with van der Waals surface area (Å²) >= 11 is 1.46. The number of fused-ring (bicyclic) bond motifs is 8. The summed E-state index contributed by atoms with van der Waals surface area (Å²) in [7, 11) is -1.02. The second kappa shape index (κ2) is 18.2. The van der Waals surface area contributed by atoms with Gasteiger partial charge < -0.3 is 24.8 Å². The van der Waals surface area contributed by atoms with Gasteiger partial charge in [-0.25, -0.2) is 11.3 Å². The molecule has 0 heterocycles. The third-order valence-corrected chi connectivity index (χ3v) is 16.1. The van der Waals surface area contributed by atoms with Crippen LogP contribution in [0.1, 0.15) is 103 Å². The molecule has 0 N–H and O–H groups in total. The van der Waals surface area contributed by atoms with E-state index in [4.69, 9.17) is 0 Å². The topological polar surface area (TPSA) is 0 Å². The molecule has 5 unspecified atom stereocenters. The average Bonchev–Trinajstić information content (AvgIpc) is 3.73. The Morgan fingerprint density at radius 1 is 0.691 bits per heavy atom. The van der Waals surface area contributed by atoms with E-state index in [2.05, 4.69) is 191 Å². The first-order valence-electron chi connectivity index (χ1n) is 19.7. The first-order chi connectivity index (χ1) is 25.1. The van der Waals surface area contributed by atoms with E-state index in [9.17, 15) is 0 Å². The molecule has 4 heteroatoms. The normalized spacial score (nSPS) is 20.4. The van der Waals surface area contributed by atoms with Gasteiger partial charge in [-0.1, -0.05) is 126 Å². The minimum atomic E-state index is -1.02. The molecule has 0 aromatic heterocycles. The molecule has 0 amide bonds. The van der Waals surface area contributed by atoms with E-state index < -0.39 is 8.07 Å². The summed E-state index contributed by atoms with van der Waals surface area (Å²) in [5.74, 6) is 4.50. The Balaban J connectivity index is 0.000000215. The van der Waals surface area contributed by atoms with E-state index in [0.717, 1.165) is 0 Å². The van der Waals surface area contributed by atoms with Gasteiger partial charge in [0.25, 0.3) is 0 Å². The summed E-state index contributed by atoms with van der Waals surface area (Å²) in [6, 6.07) is 32.8. The number of allylic oxidation sites excluding steroid dienone is 4. The molecule has 5 aromatic rings. The first kappa shape index (κ1) is 45.0. The van der Waals surface area contributed by atoms with E-state index in [-0.39, 0.29) is 24.8 Å². The van der Waals surface area contributed by atoms with Crippen LogP contribution < -0.4 is 24.8 Å². The Morgan fingerprint density at radius 3 is 1.71 bits per heavy atom. The molecule has 0 saturated heterocycles. The van der Waals surface area contributed by atoms with Crippen LogP contribution in [0.2, 0.25) is 19.6 Å². The summed E-state index contributed by atoms with van der Waals surface area (Å²) in [6.07, 6.45) is 7.81. The van der Waals surface area contributed by atoms with Crippen LogP contribution in [-0.4, -0.2) is 11.3 Å². The molecular weight excluding hydrogens is 803 g/mol. The molecule has 3 aliphatic rings. The van der Waals surface area contributed by atoms with Crippen LogP contribution in [0.4, 0.5) is 0 Å². The predicted molar refractivity (Wildman–Crippen MR) is 230 cm³/mol. The Morgan fingerprint density at radius 2 is 1.22 bits per heavy atom. The van der Waals surface area contributed by atoms with Gasteiger partial charge in [0.2, 0.25) is 0 Å². The number of aryl methyl sites for hydroxylation is 1. The molecule has 0 bridgehead atoms. The fraction of sp³-hybridized carbons (Fsp3) is 0.333. The summed E-state index contributed by atoms with van der Waals surface area (Å²) in [4.78, 5) is 0. The predicted octanol–water partition coefficient (Wildman–Crippen LogP) is 7.84. The number of halogens is 2. The van der Waals surface area contributed by atoms with Crippen molar-refractivity contribution >= 4 is 22.1 Å². The van der Waals surface area contributed by atoms with Crippen molar-refractivity contribution in [3.8, 4) is 11.1 Å². The van der Waals surface area contributed by atoms with Crippen molar-refractivity contribution in [1.29, 1.82) is 0 Å². The second-order valence-corrected chi connectivity index (χ2v) is 23.3. The van der Waals surface area contributed by atoms with Gasteiger partial charge in [0, 0.05) is 0 Å². The van der Waals surface area contributed by atoms with Crippen molar-refractivity contribution in [2.45, 2.75) is 93.8 Å². The molecule has 0 saturated carbocycles. The Hall–Kier alpha value is -2.74. The van der Waals surface area contributed by atoms with E-state index in [0.29, 0.717) is 29.6 Å². The summed E-state index contributed by atoms with van der Waals surface area (Å²) < 4.78 is 1.42. The standard InChI is InChI=1S/C29H33.C13H10.C9H15Si.2ClH.Zr/c1-14-13-24-25(18(5)15(14)2)21(8)28-27-20(7)17(4)16(3)19(6)26(27)22-11-9-10-12-23(22)29(24)28;1-3-7-12(8-4-1)11-13-9-5-2-6-10-13;1-8-5-6-9(7-8)10(2,3)4;;;/h9-13,16-17,19,21H,1-8H3;1-10H;6-8H,1-4H3;2*1H;/q-1;;-1;;;+2/p-2. The van der Waals surface area contributed by atoms with Crippen molar-refractivity contribution in [2.24, 2.45) is 17.8 Å². The van der Waals surface area contributed by atoms with Crippen molar-refractivity contribution in [1.82, 2.24) is 0 Å². The Labute approximate surface area is 361 Å². The molecule has 8 rings (SSSR count). The van der Waals surface area contributed by atoms with E-state index in [1.807, 2.05) is 0 Å². The van der Waals surface area contributed by atoms with Crippen LogP contribution in [-0.2, 0) is 24.2 Å². The van der Waals surface area contributed by atoms with Gasteiger partial charge in [0.15, 0.2) is 0 Å². The number of hydrogen-bond donors (Lipinski definition) is 0. The van der Waals surface area contributed by atoms with Gasteiger partial charge in [-0.15, -0.1) is 11.1 Å². The van der Waals surface area contributed by atoms with Crippen LogP contribution in [0.15, 0.2) is 108 Å². The molecule has 5 aromatic carbocycles. The molecule has 286 valence electrons. The number of benzene rings is 5. The molecule has 3 aliphatic carbocycles. The summed E-state index contributed by atoms with van der Waals surface area (Å²) in [5, 5.41) is 4.48. The van der Waals surface area contributed by atoms with E-state index in [1.54, 1.807) is 33.4 Å². The molecule has 55 heavy (non-hydrogen) atoms. The average molecular weight is 861 g/mol. The van der Waals surface area contributed by atoms with Crippen molar-refractivity contribution in [3.63, 3.8) is 0 Å². The third kappa shape index (κ3) is 8.75. The molecule has 0 radical (unpaired) electrons. The Kier molecular flexibility index (Phi) is 14.9. The zero-order valence-corrected chi connectivity index (χ0v) is 39.9. The molecule has 5 atom stereocenters. The van der Waals surface area contributed by atoms with Crippen LogP contribution in [0, 0.1) is 50.5 Å². The van der Waals surface area contributed by atoms with Gasteiger partial charge in [0.05, 0.1) is 0 Å². The van der Waals surface area contributed by atoms with Gasteiger partial charge in [-0.2, -0.15) is 17.6 Å². The Bertz CT molecular complexity index is 2170. The van der Waals surface area contributed by atoms with E-state index >= 15 is 0 Å². The molecule has 0 fully saturated rings. The summed E-state index contributed by atoms with van der Waals surface area (Å²) in [6.45, 7) is 28.4. The monoisotopic (exact) mass is 858 g/mol. The van der Waals surface area contributed by atoms with Gasteiger partial charge in [-0.3, -0.25) is 6.08 Å². The van der Waals surface area contributed by atoms with Crippen LogP contribution in [0.3, 0.4) is 0 Å². The molecule has 0 spiro atoms. The van der Waals surface area contributed by atoms with Crippen LogP contribution in [0.25, 0.3) is 21.9 Å².